The second kappa shape index (κ2) is 10.6. The van der Waals surface area contributed by atoms with Crippen LogP contribution in [0, 0.1) is 0 Å². The third-order valence-electron chi connectivity index (χ3n) is 5.14. The number of rotatable bonds is 9. The second-order valence-electron chi connectivity index (χ2n) is 7.53. The zero-order valence-electron chi connectivity index (χ0n) is 18.6. The number of methoxy groups -OCH3 is 1. The van der Waals surface area contributed by atoms with Crippen LogP contribution in [0.2, 0.25) is 0 Å². The topological polar surface area (TPSA) is 91.3 Å². The molecule has 0 fully saturated rings. The Balaban J connectivity index is 1.76. The van der Waals surface area contributed by atoms with Crippen molar-refractivity contribution >= 4 is 34.7 Å². The Hall–Kier alpha value is -3.68. The number of para-hydroxylation sites is 3. The molecular weight excluding hydrogens is 408 g/mol. The number of ether oxygens (including phenoxy) is 1. The van der Waals surface area contributed by atoms with Crippen LogP contribution in [0.4, 0.5) is 11.4 Å². The van der Waals surface area contributed by atoms with Crippen LogP contribution in [-0.2, 0) is 14.4 Å². The third-order valence-corrected chi connectivity index (χ3v) is 5.14. The van der Waals surface area contributed by atoms with E-state index in [0.717, 1.165) is 5.69 Å². The molecule has 0 saturated carbocycles. The predicted molar refractivity (Wildman–Crippen MR) is 124 cm³/mol. The molecular formula is C24H28N4O4. The number of hydrogen-bond donors (Lipinski definition) is 1. The van der Waals surface area contributed by atoms with Crippen LogP contribution in [0.15, 0.2) is 59.7 Å². The number of nitrogens with zero attached hydrogens (tertiary/aromatic N) is 3. The lowest BCUT2D eigenvalue weighted by Crippen LogP contribution is -2.42. The molecule has 8 heteroatoms. The summed E-state index contributed by atoms with van der Waals surface area (Å²) in [5, 5.41) is 8.86. The SMILES string of the molecule is CCCN(CC(=O)Nc1ccccc1OC)C(=O)C1=NN(c2ccccc2)C(C(C)=O)C1. The summed E-state index contributed by atoms with van der Waals surface area (Å²) in [7, 11) is 1.53. The van der Waals surface area contributed by atoms with E-state index in [1.54, 1.807) is 23.2 Å². The maximum atomic E-state index is 13.2. The van der Waals surface area contributed by atoms with E-state index in [-0.39, 0.29) is 36.3 Å². The van der Waals surface area contributed by atoms with Gasteiger partial charge in [0.2, 0.25) is 5.91 Å². The van der Waals surface area contributed by atoms with Gasteiger partial charge in [-0.3, -0.25) is 19.4 Å². The number of carbonyl (C=O) groups is 3. The fourth-order valence-electron chi connectivity index (χ4n) is 3.59. The predicted octanol–water partition coefficient (Wildman–Crippen LogP) is 3.10. The van der Waals surface area contributed by atoms with Gasteiger partial charge in [-0.05, 0) is 37.6 Å². The van der Waals surface area contributed by atoms with Crippen molar-refractivity contribution in [2.75, 3.05) is 30.5 Å². The second-order valence-corrected chi connectivity index (χ2v) is 7.53. The first-order valence-corrected chi connectivity index (χ1v) is 10.6. The van der Waals surface area contributed by atoms with E-state index in [9.17, 15) is 14.4 Å². The zero-order chi connectivity index (χ0) is 23.1. The number of benzene rings is 2. The van der Waals surface area contributed by atoms with Gasteiger partial charge in [-0.2, -0.15) is 5.10 Å². The lowest BCUT2D eigenvalue weighted by atomic mass is 10.1. The van der Waals surface area contributed by atoms with Crippen molar-refractivity contribution in [3.8, 4) is 5.75 Å². The molecule has 2 aromatic carbocycles. The van der Waals surface area contributed by atoms with Gasteiger partial charge >= 0.3 is 0 Å². The first kappa shape index (κ1) is 23.0. The smallest absolute Gasteiger partial charge is 0.270 e. The van der Waals surface area contributed by atoms with Crippen LogP contribution in [0.5, 0.6) is 5.75 Å². The highest BCUT2D eigenvalue weighted by atomic mass is 16.5. The fraction of sp³-hybridized carbons (Fsp3) is 0.333. The molecule has 0 radical (unpaired) electrons. The molecule has 0 saturated heterocycles. The summed E-state index contributed by atoms with van der Waals surface area (Å²) in [4.78, 5) is 39.6. The number of ketones is 1. The lowest BCUT2D eigenvalue weighted by Gasteiger charge is -2.21. The summed E-state index contributed by atoms with van der Waals surface area (Å²) in [6.07, 6.45) is 0.886. The molecule has 2 amide bonds. The molecule has 8 nitrogen and oxygen atoms in total. The van der Waals surface area contributed by atoms with Gasteiger partial charge in [0.1, 0.15) is 24.0 Å². The summed E-state index contributed by atoms with van der Waals surface area (Å²) in [6.45, 7) is 3.70. The van der Waals surface area contributed by atoms with Crippen LogP contribution < -0.4 is 15.1 Å². The Kier molecular flexibility index (Phi) is 7.59. The normalized spacial score (nSPS) is 15.2. The van der Waals surface area contributed by atoms with E-state index in [4.69, 9.17) is 4.74 Å². The molecule has 2 aromatic rings. The van der Waals surface area contributed by atoms with Gasteiger partial charge in [0.25, 0.3) is 5.91 Å². The quantitative estimate of drug-likeness (QED) is 0.652. The minimum Gasteiger partial charge on any atom is -0.495 e. The molecule has 1 heterocycles. The molecule has 32 heavy (non-hydrogen) atoms. The van der Waals surface area contributed by atoms with Gasteiger partial charge in [0.15, 0.2) is 5.78 Å². The minimum atomic E-state index is -0.540. The number of hydrogen-bond acceptors (Lipinski definition) is 6. The Labute approximate surface area is 187 Å². The molecule has 0 bridgehead atoms. The Morgan fingerprint density at radius 2 is 1.81 bits per heavy atom. The van der Waals surface area contributed by atoms with E-state index >= 15 is 0 Å². The average molecular weight is 437 g/mol. The summed E-state index contributed by atoms with van der Waals surface area (Å²) in [5.74, 6) is -0.210. The zero-order valence-corrected chi connectivity index (χ0v) is 18.6. The maximum absolute atomic E-state index is 13.2. The van der Waals surface area contributed by atoms with Gasteiger partial charge < -0.3 is 15.0 Å². The Morgan fingerprint density at radius 3 is 2.47 bits per heavy atom. The highest BCUT2D eigenvalue weighted by molar-refractivity contribution is 6.40. The van der Waals surface area contributed by atoms with Crippen molar-refractivity contribution in [2.45, 2.75) is 32.7 Å². The summed E-state index contributed by atoms with van der Waals surface area (Å²) < 4.78 is 5.26. The van der Waals surface area contributed by atoms with Crippen LogP contribution in [0.3, 0.4) is 0 Å². The van der Waals surface area contributed by atoms with Gasteiger partial charge in [0.05, 0.1) is 18.5 Å². The van der Waals surface area contributed by atoms with Gasteiger partial charge in [-0.1, -0.05) is 37.3 Å². The molecule has 1 atom stereocenters. The summed E-state index contributed by atoms with van der Waals surface area (Å²) >= 11 is 0. The molecule has 0 aromatic heterocycles. The van der Waals surface area contributed by atoms with Crippen molar-refractivity contribution in [3.63, 3.8) is 0 Å². The van der Waals surface area contributed by atoms with E-state index in [1.165, 1.54) is 18.9 Å². The number of anilines is 2. The number of Topliss-reactive ketones (excluding diaryl/α,β-unsaturated/α-hetero) is 1. The van der Waals surface area contributed by atoms with Crippen molar-refractivity contribution in [1.29, 1.82) is 0 Å². The van der Waals surface area contributed by atoms with Crippen LogP contribution in [0.25, 0.3) is 0 Å². The molecule has 1 aliphatic heterocycles. The van der Waals surface area contributed by atoms with Crippen molar-refractivity contribution in [3.05, 3.63) is 54.6 Å². The maximum Gasteiger partial charge on any atom is 0.270 e. The van der Waals surface area contributed by atoms with E-state index < -0.39 is 6.04 Å². The monoisotopic (exact) mass is 436 g/mol. The van der Waals surface area contributed by atoms with Crippen LogP contribution in [0.1, 0.15) is 26.7 Å². The molecule has 3 rings (SSSR count). The lowest BCUT2D eigenvalue weighted by molar-refractivity contribution is -0.129. The number of amides is 2. The largest absolute Gasteiger partial charge is 0.495 e. The van der Waals surface area contributed by atoms with Crippen LogP contribution in [-0.4, -0.2) is 54.5 Å². The number of nitrogens with one attached hydrogen (secondary N) is 1. The average Bonchev–Trinajstić information content (AvgIpc) is 3.25. The van der Waals surface area contributed by atoms with E-state index in [0.29, 0.717) is 24.4 Å². The van der Waals surface area contributed by atoms with Gasteiger partial charge in [-0.15, -0.1) is 0 Å². The van der Waals surface area contributed by atoms with Crippen molar-refractivity contribution in [2.24, 2.45) is 5.10 Å². The summed E-state index contributed by atoms with van der Waals surface area (Å²) in [5.41, 5.74) is 1.55. The first-order chi connectivity index (χ1) is 15.4. The fourth-order valence-corrected chi connectivity index (χ4v) is 3.59. The van der Waals surface area contributed by atoms with Crippen LogP contribution >= 0.6 is 0 Å². The standard InChI is InChI=1S/C24H28N4O4/c1-4-14-27(16-23(30)25-19-12-8-9-13-22(19)32-3)24(31)20-15-21(17(2)29)28(26-20)18-10-6-5-7-11-18/h5-13,21H,4,14-16H2,1-3H3,(H,25,30). The van der Waals surface area contributed by atoms with Gasteiger partial charge in [-0.25, -0.2) is 0 Å². The molecule has 1 N–H and O–H groups in total. The van der Waals surface area contributed by atoms with E-state index in [1.807, 2.05) is 43.3 Å². The molecule has 1 unspecified atom stereocenters. The molecule has 0 spiro atoms. The van der Waals surface area contributed by atoms with Gasteiger partial charge in [0, 0.05) is 13.0 Å². The number of carbonyl (C=O) groups excluding carboxylic acids is 3. The summed E-state index contributed by atoms with van der Waals surface area (Å²) in [6, 6.07) is 15.8. The Morgan fingerprint density at radius 1 is 1.12 bits per heavy atom. The third kappa shape index (κ3) is 5.32. The van der Waals surface area contributed by atoms with Crippen molar-refractivity contribution in [1.82, 2.24) is 4.90 Å². The molecule has 168 valence electrons. The highest BCUT2D eigenvalue weighted by Gasteiger charge is 2.36. The Bertz CT molecular complexity index is 1010. The van der Waals surface area contributed by atoms with E-state index in [2.05, 4.69) is 10.4 Å². The van der Waals surface area contributed by atoms with Crippen molar-refractivity contribution < 1.29 is 19.1 Å². The first-order valence-electron chi connectivity index (χ1n) is 10.6. The molecule has 0 aliphatic carbocycles. The highest BCUT2D eigenvalue weighted by Crippen LogP contribution is 2.26. The minimum absolute atomic E-state index is 0.0728. The molecule has 1 aliphatic rings. The number of hydrazone groups is 1.